The molecule has 4 aromatic rings. The summed E-state index contributed by atoms with van der Waals surface area (Å²) in [6.07, 6.45) is 1.75. The zero-order chi connectivity index (χ0) is 20.9. The Labute approximate surface area is 174 Å². The number of carbonyl (C=O) groups is 2. The number of carbonyl (C=O) groups excluding carboxylic acids is 2. The van der Waals surface area contributed by atoms with Gasteiger partial charge in [-0.2, -0.15) is 0 Å². The molecule has 0 unspecified atom stereocenters. The van der Waals surface area contributed by atoms with Crippen molar-refractivity contribution in [2.24, 2.45) is 0 Å². The quantitative estimate of drug-likeness (QED) is 0.540. The second kappa shape index (κ2) is 8.61. The predicted octanol–water partition coefficient (Wildman–Crippen LogP) is 3.54. The highest BCUT2D eigenvalue weighted by atomic mass is 16.2. The summed E-state index contributed by atoms with van der Waals surface area (Å²) in [6, 6.07) is 24.8. The van der Waals surface area contributed by atoms with Crippen LogP contribution in [0, 0.1) is 0 Å². The van der Waals surface area contributed by atoms with E-state index in [-0.39, 0.29) is 23.3 Å². The van der Waals surface area contributed by atoms with E-state index in [4.69, 9.17) is 0 Å². The molecule has 0 aliphatic carbocycles. The Hall–Kier alpha value is -3.93. The van der Waals surface area contributed by atoms with Gasteiger partial charge in [0.1, 0.15) is 0 Å². The molecule has 4 rings (SSSR count). The van der Waals surface area contributed by atoms with Crippen LogP contribution >= 0.6 is 0 Å². The molecule has 30 heavy (non-hydrogen) atoms. The van der Waals surface area contributed by atoms with Crippen LogP contribution in [-0.4, -0.2) is 33.1 Å². The molecule has 2 aromatic carbocycles. The Bertz CT molecular complexity index is 1170. The van der Waals surface area contributed by atoms with Crippen LogP contribution in [0.15, 0.2) is 85.1 Å². The first-order valence-electron chi connectivity index (χ1n) is 9.72. The topological polar surface area (TPSA) is 66.7 Å². The number of benzene rings is 2. The summed E-state index contributed by atoms with van der Waals surface area (Å²) in [6.45, 7) is 0.847. The maximum atomic E-state index is 13.1. The van der Waals surface area contributed by atoms with E-state index in [9.17, 15) is 9.59 Å². The Morgan fingerprint density at radius 3 is 2.23 bits per heavy atom. The SMILES string of the molecule is CN(Cc1ccccc1)C(=O)c1nc(C(=O)NCc2ccccc2)c2ccccn12. The number of nitrogens with zero attached hydrogens (tertiary/aromatic N) is 3. The molecule has 1 N–H and O–H groups in total. The number of fused-ring (bicyclic) bond motifs is 1. The van der Waals surface area contributed by atoms with Gasteiger partial charge in [-0.3, -0.25) is 14.0 Å². The largest absolute Gasteiger partial charge is 0.347 e. The van der Waals surface area contributed by atoms with Crippen molar-refractivity contribution >= 4 is 17.3 Å². The van der Waals surface area contributed by atoms with E-state index in [1.807, 2.05) is 72.8 Å². The van der Waals surface area contributed by atoms with Crippen molar-refractivity contribution in [2.75, 3.05) is 7.05 Å². The summed E-state index contributed by atoms with van der Waals surface area (Å²) in [7, 11) is 1.73. The number of hydrogen-bond acceptors (Lipinski definition) is 3. The van der Waals surface area contributed by atoms with Gasteiger partial charge in [-0.25, -0.2) is 4.98 Å². The maximum absolute atomic E-state index is 13.1. The van der Waals surface area contributed by atoms with Gasteiger partial charge < -0.3 is 10.2 Å². The molecule has 0 radical (unpaired) electrons. The van der Waals surface area contributed by atoms with E-state index in [0.717, 1.165) is 11.1 Å². The number of hydrogen-bond donors (Lipinski definition) is 1. The third kappa shape index (κ3) is 4.07. The molecule has 0 fully saturated rings. The fraction of sp³-hybridized carbons (Fsp3) is 0.125. The second-order valence-electron chi connectivity index (χ2n) is 7.05. The van der Waals surface area contributed by atoms with E-state index in [0.29, 0.717) is 18.6 Å². The summed E-state index contributed by atoms with van der Waals surface area (Å²) in [4.78, 5) is 31.9. The number of amides is 2. The molecule has 6 heteroatoms. The number of rotatable bonds is 6. The third-order valence-electron chi connectivity index (χ3n) is 4.86. The lowest BCUT2D eigenvalue weighted by molar-refractivity contribution is 0.0772. The van der Waals surface area contributed by atoms with Crippen LogP contribution in [0.2, 0.25) is 0 Å². The fourth-order valence-electron chi connectivity index (χ4n) is 3.32. The Morgan fingerprint density at radius 2 is 1.53 bits per heavy atom. The number of aromatic nitrogens is 2. The molecule has 0 saturated carbocycles. The summed E-state index contributed by atoms with van der Waals surface area (Å²) >= 11 is 0. The normalized spacial score (nSPS) is 10.7. The van der Waals surface area contributed by atoms with Gasteiger partial charge in [0.15, 0.2) is 5.69 Å². The molecule has 0 spiro atoms. The van der Waals surface area contributed by atoms with Crippen molar-refractivity contribution in [3.8, 4) is 0 Å². The number of pyridine rings is 1. The van der Waals surface area contributed by atoms with Gasteiger partial charge in [0, 0.05) is 26.3 Å². The van der Waals surface area contributed by atoms with Crippen LogP contribution in [0.4, 0.5) is 0 Å². The van der Waals surface area contributed by atoms with Crippen molar-refractivity contribution in [3.63, 3.8) is 0 Å². The van der Waals surface area contributed by atoms with E-state index >= 15 is 0 Å². The van der Waals surface area contributed by atoms with Gasteiger partial charge in [0.2, 0.25) is 5.82 Å². The van der Waals surface area contributed by atoms with Crippen LogP contribution in [0.5, 0.6) is 0 Å². The molecule has 6 nitrogen and oxygen atoms in total. The van der Waals surface area contributed by atoms with Crippen LogP contribution in [0.25, 0.3) is 5.52 Å². The molecule has 150 valence electrons. The molecule has 0 aliphatic rings. The summed E-state index contributed by atoms with van der Waals surface area (Å²) in [5.41, 5.74) is 2.85. The lowest BCUT2D eigenvalue weighted by Crippen LogP contribution is -2.28. The van der Waals surface area contributed by atoms with Gasteiger partial charge in [0.05, 0.1) is 5.52 Å². The molecular formula is C24H22N4O2. The van der Waals surface area contributed by atoms with Gasteiger partial charge in [-0.1, -0.05) is 66.7 Å². The smallest absolute Gasteiger partial charge is 0.290 e. The Morgan fingerprint density at radius 1 is 0.900 bits per heavy atom. The van der Waals surface area contributed by atoms with Crippen LogP contribution in [-0.2, 0) is 13.1 Å². The van der Waals surface area contributed by atoms with E-state index in [1.165, 1.54) is 0 Å². The van der Waals surface area contributed by atoms with Crippen LogP contribution in [0.3, 0.4) is 0 Å². The van der Waals surface area contributed by atoms with Gasteiger partial charge in [-0.05, 0) is 23.3 Å². The average Bonchev–Trinajstić information content (AvgIpc) is 3.18. The third-order valence-corrected chi connectivity index (χ3v) is 4.86. The first kappa shape index (κ1) is 19.4. The Balaban J connectivity index is 1.58. The Kier molecular flexibility index (Phi) is 5.57. The van der Waals surface area contributed by atoms with Crippen molar-refractivity contribution in [1.29, 1.82) is 0 Å². The minimum atomic E-state index is -0.313. The average molecular weight is 398 g/mol. The minimum absolute atomic E-state index is 0.217. The lowest BCUT2D eigenvalue weighted by atomic mass is 10.2. The first-order valence-corrected chi connectivity index (χ1v) is 9.72. The molecule has 0 bridgehead atoms. The van der Waals surface area contributed by atoms with Crippen LogP contribution in [0.1, 0.15) is 32.2 Å². The highest BCUT2D eigenvalue weighted by molar-refractivity contribution is 6.02. The molecule has 2 aromatic heterocycles. The highest BCUT2D eigenvalue weighted by Gasteiger charge is 2.23. The first-order chi connectivity index (χ1) is 14.6. The highest BCUT2D eigenvalue weighted by Crippen LogP contribution is 2.16. The molecule has 0 atom stereocenters. The van der Waals surface area contributed by atoms with E-state index < -0.39 is 0 Å². The van der Waals surface area contributed by atoms with Crippen molar-refractivity contribution in [2.45, 2.75) is 13.1 Å². The summed E-state index contributed by atoms with van der Waals surface area (Å²) < 4.78 is 1.67. The fourth-order valence-corrected chi connectivity index (χ4v) is 3.32. The maximum Gasteiger partial charge on any atom is 0.290 e. The van der Waals surface area contributed by atoms with Gasteiger partial charge in [-0.15, -0.1) is 0 Å². The molecule has 2 heterocycles. The van der Waals surface area contributed by atoms with Crippen molar-refractivity contribution < 1.29 is 9.59 Å². The van der Waals surface area contributed by atoms with E-state index in [1.54, 1.807) is 28.6 Å². The zero-order valence-electron chi connectivity index (χ0n) is 16.7. The second-order valence-corrected chi connectivity index (χ2v) is 7.05. The van der Waals surface area contributed by atoms with Crippen molar-refractivity contribution in [3.05, 3.63) is 108 Å². The van der Waals surface area contributed by atoms with Gasteiger partial charge in [0.25, 0.3) is 11.8 Å². The summed E-state index contributed by atoms with van der Waals surface area (Å²) in [5.74, 6) is -0.344. The molecule has 2 amide bonds. The minimum Gasteiger partial charge on any atom is -0.347 e. The zero-order valence-corrected chi connectivity index (χ0v) is 16.7. The molecule has 0 saturated heterocycles. The monoisotopic (exact) mass is 398 g/mol. The standard InChI is InChI=1S/C24H22N4O2/c1-27(17-19-12-6-3-7-13-19)24(30)22-26-21(20-14-8-9-15-28(20)22)23(29)25-16-18-10-4-2-5-11-18/h2-15H,16-17H2,1H3,(H,25,29). The van der Waals surface area contributed by atoms with E-state index in [2.05, 4.69) is 10.3 Å². The number of imidazole rings is 1. The van der Waals surface area contributed by atoms with Crippen LogP contribution < -0.4 is 5.32 Å². The summed E-state index contributed by atoms with van der Waals surface area (Å²) in [5, 5.41) is 2.89. The molecular weight excluding hydrogens is 376 g/mol. The number of nitrogens with one attached hydrogen (secondary N) is 1. The molecule has 0 aliphatic heterocycles. The van der Waals surface area contributed by atoms with Gasteiger partial charge >= 0.3 is 0 Å². The lowest BCUT2D eigenvalue weighted by Gasteiger charge is -2.16. The predicted molar refractivity (Wildman–Crippen MR) is 115 cm³/mol. The van der Waals surface area contributed by atoms with Crippen molar-refractivity contribution in [1.82, 2.24) is 19.6 Å².